The largest absolute Gasteiger partial charge is 0.480 e. The maximum atomic E-state index is 11.2. The van der Waals surface area contributed by atoms with E-state index in [1.165, 1.54) is 30.2 Å². The number of carbonyl (C=O) groups is 1. The van der Waals surface area contributed by atoms with Crippen LogP contribution in [0, 0.1) is 0 Å². The fourth-order valence-corrected chi connectivity index (χ4v) is 3.22. The van der Waals surface area contributed by atoms with E-state index in [4.69, 9.17) is 21.1 Å². The zero-order valence-corrected chi connectivity index (χ0v) is 14.8. The number of rotatable bonds is 4. The van der Waals surface area contributed by atoms with E-state index >= 15 is 0 Å². The lowest BCUT2D eigenvalue weighted by Crippen LogP contribution is -2.30. The molecule has 0 aromatic carbocycles. The molecule has 0 saturated carbocycles. The van der Waals surface area contributed by atoms with Crippen LogP contribution in [0.3, 0.4) is 0 Å². The van der Waals surface area contributed by atoms with E-state index in [0.717, 1.165) is 0 Å². The Labute approximate surface area is 153 Å². The first-order valence-corrected chi connectivity index (χ1v) is 8.48. The molecule has 3 heterocycles. The van der Waals surface area contributed by atoms with Gasteiger partial charge in [-0.25, -0.2) is 14.8 Å². The van der Waals surface area contributed by atoms with E-state index in [1.807, 2.05) is 0 Å². The molecule has 0 fully saturated rings. The summed E-state index contributed by atoms with van der Waals surface area (Å²) < 4.78 is 13.8. The summed E-state index contributed by atoms with van der Waals surface area (Å²) in [5, 5.41) is 9.69. The fourth-order valence-electron chi connectivity index (χ4n) is 2.25. The normalized spacial score (nSPS) is 13.4. The number of hydrogen-bond donors (Lipinski definition) is 2. The second kappa shape index (κ2) is 7.66. The van der Waals surface area contributed by atoms with Crippen LogP contribution in [0.25, 0.3) is 0 Å². The Morgan fingerprint density at radius 1 is 1.44 bits per heavy atom. The SMILES string of the molecule is COc1ncc(Cl)cc1SNc1cnc2c(c1)CN(C(=O)O)CCO2. The zero-order valence-electron chi connectivity index (χ0n) is 13.2. The predicted molar refractivity (Wildman–Crippen MR) is 93.4 cm³/mol. The molecule has 0 bridgehead atoms. The molecule has 0 radical (unpaired) electrons. The number of nitrogens with one attached hydrogen (secondary N) is 1. The van der Waals surface area contributed by atoms with Crippen LogP contribution in [-0.2, 0) is 6.54 Å². The van der Waals surface area contributed by atoms with Gasteiger partial charge >= 0.3 is 6.09 Å². The van der Waals surface area contributed by atoms with E-state index in [2.05, 4.69) is 14.7 Å². The molecule has 0 atom stereocenters. The van der Waals surface area contributed by atoms with Crippen LogP contribution in [0.15, 0.2) is 29.4 Å². The van der Waals surface area contributed by atoms with E-state index in [0.29, 0.717) is 39.5 Å². The smallest absolute Gasteiger partial charge is 0.407 e. The molecule has 1 aliphatic rings. The van der Waals surface area contributed by atoms with Gasteiger partial charge in [0.1, 0.15) is 6.61 Å². The number of hydrogen-bond acceptors (Lipinski definition) is 7. The lowest BCUT2D eigenvalue weighted by Gasteiger charge is -2.15. The standard InChI is InChI=1S/C15H15ClN4O4S/c1-23-14-12(5-10(16)6-17-14)25-19-11-4-9-8-20(15(21)22)2-3-24-13(9)18-7-11/h4-7,19H,2-3,8H2,1H3,(H,21,22). The number of ether oxygens (including phenoxy) is 2. The van der Waals surface area contributed by atoms with Gasteiger partial charge in [-0.2, -0.15) is 0 Å². The van der Waals surface area contributed by atoms with Crippen molar-refractivity contribution in [2.24, 2.45) is 0 Å². The summed E-state index contributed by atoms with van der Waals surface area (Å²) in [6, 6.07) is 3.54. The average Bonchev–Trinajstić information content (AvgIpc) is 2.82. The highest BCUT2D eigenvalue weighted by atomic mass is 35.5. The Morgan fingerprint density at radius 3 is 3.04 bits per heavy atom. The third kappa shape index (κ3) is 4.18. The van der Waals surface area contributed by atoms with Crippen molar-refractivity contribution in [2.75, 3.05) is 25.0 Å². The molecule has 1 aliphatic heterocycles. The average molecular weight is 383 g/mol. The van der Waals surface area contributed by atoms with E-state index < -0.39 is 6.09 Å². The topological polar surface area (TPSA) is 96.8 Å². The highest BCUT2D eigenvalue weighted by Crippen LogP contribution is 2.31. The first-order valence-electron chi connectivity index (χ1n) is 7.29. The van der Waals surface area contributed by atoms with Gasteiger partial charge in [-0.05, 0) is 24.1 Å². The van der Waals surface area contributed by atoms with E-state index in [1.54, 1.807) is 18.3 Å². The molecule has 0 unspecified atom stereocenters. The minimum Gasteiger partial charge on any atom is -0.480 e. The maximum absolute atomic E-state index is 11.2. The van der Waals surface area contributed by atoms with Crippen LogP contribution >= 0.6 is 23.5 Å². The van der Waals surface area contributed by atoms with Gasteiger partial charge in [0.25, 0.3) is 0 Å². The fraction of sp³-hybridized carbons (Fsp3) is 0.267. The Balaban J connectivity index is 1.76. The number of pyridine rings is 2. The number of amides is 1. The predicted octanol–water partition coefficient (Wildman–Crippen LogP) is 3.13. The summed E-state index contributed by atoms with van der Waals surface area (Å²) in [4.78, 5) is 21.6. The lowest BCUT2D eigenvalue weighted by molar-refractivity contribution is 0.137. The molecule has 0 aliphatic carbocycles. The first-order chi connectivity index (χ1) is 12.1. The van der Waals surface area contributed by atoms with Crippen LogP contribution in [0.5, 0.6) is 11.8 Å². The van der Waals surface area contributed by atoms with Gasteiger partial charge in [-0.1, -0.05) is 11.6 Å². The van der Waals surface area contributed by atoms with Crippen molar-refractivity contribution in [1.29, 1.82) is 0 Å². The van der Waals surface area contributed by atoms with Gasteiger partial charge in [0.2, 0.25) is 11.8 Å². The Hall–Kier alpha value is -2.39. The van der Waals surface area contributed by atoms with Gasteiger partial charge in [-0.3, -0.25) is 0 Å². The van der Waals surface area contributed by atoms with Gasteiger partial charge < -0.3 is 24.2 Å². The number of aromatic nitrogens is 2. The molecule has 0 saturated heterocycles. The molecule has 8 nitrogen and oxygen atoms in total. The highest BCUT2D eigenvalue weighted by Gasteiger charge is 2.20. The number of carboxylic acid groups (broad SMARTS) is 1. The Bertz CT molecular complexity index is 792. The van der Waals surface area contributed by atoms with Crippen LogP contribution in [0.2, 0.25) is 5.02 Å². The maximum Gasteiger partial charge on any atom is 0.407 e. The molecule has 0 spiro atoms. The molecule has 132 valence electrons. The highest BCUT2D eigenvalue weighted by molar-refractivity contribution is 8.00. The quantitative estimate of drug-likeness (QED) is 0.778. The van der Waals surface area contributed by atoms with Crippen molar-refractivity contribution >= 4 is 35.3 Å². The molecule has 2 N–H and O–H groups in total. The molecule has 2 aromatic rings. The summed E-state index contributed by atoms with van der Waals surface area (Å²) in [6.07, 6.45) is 2.14. The van der Waals surface area contributed by atoms with Crippen molar-refractivity contribution < 1.29 is 19.4 Å². The van der Waals surface area contributed by atoms with Crippen LogP contribution in [0.4, 0.5) is 10.5 Å². The molecular weight excluding hydrogens is 368 g/mol. The number of halogens is 1. The molecule has 2 aromatic heterocycles. The van der Waals surface area contributed by atoms with Crippen molar-refractivity contribution in [2.45, 2.75) is 11.4 Å². The molecule has 25 heavy (non-hydrogen) atoms. The summed E-state index contributed by atoms with van der Waals surface area (Å²) >= 11 is 7.23. The second-order valence-corrected chi connectivity index (χ2v) is 6.39. The summed E-state index contributed by atoms with van der Waals surface area (Å²) in [6.45, 7) is 0.799. The van der Waals surface area contributed by atoms with Crippen molar-refractivity contribution in [3.8, 4) is 11.8 Å². The number of fused-ring (bicyclic) bond motifs is 1. The third-order valence-corrected chi connectivity index (χ3v) is 4.47. The third-order valence-electron chi connectivity index (χ3n) is 3.41. The number of nitrogens with zero attached hydrogens (tertiary/aromatic N) is 3. The van der Waals surface area contributed by atoms with Gasteiger partial charge in [0.05, 0.1) is 42.0 Å². The van der Waals surface area contributed by atoms with Crippen molar-refractivity contribution in [1.82, 2.24) is 14.9 Å². The monoisotopic (exact) mass is 382 g/mol. The second-order valence-electron chi connectivity index (χ2n) is 5.11. The van der Waals surface area contributed by atoms with Gasteiger partial charge in [0.15, 0.2) is 0 Å². The Kier molecular flexibility index (Phi) is 5.34. The van der Waals surface area contributed by atoms with Crippen LogP contribution < -0.4 is 14.2 Å². The van der Waals surface area contributed by atoms with Gasteiger partial charge in [-0.15, -0.1) is 0 Å². The van der Waals surface area contributed by atoms with Crippen molar-refractivity contribution in [3.63, 3.8) is 0 Å². The zero-order chi connectivity index (χ0) is 17.8. The lowest BCUT2D eigenvalue weighted by atomic mass is 10.2. The van der Waals surface area contributed by atoms with E-state index in [-0.39, 0.29) is 13.2 Å². The van der Waals surface area contributed by atoms with Crippen LogP contribution in [0.1, 0.15) is 5.56 Å². The molecule has 1 amide bonds. The molecular formula is C15H15ClN4O4S. The van der Waals surface area contributed by atoms with Gasteiger partial charge in [0, 0.05) is 11.8 Å². The number of anilines is 1. The summed E-state index contributed by atoms with van der Waals surface area (Å²) in [5.41, 5.74) is 1.39. The summed E-state index contributed by atoms with van der Waals surface area (Å²) in [7, 11) is 1.53. The van der Waals surface area contributed by atoms with Crippen LogP contribution in [-0.4, -0.2) is 46.3 Å². The number of methoxy groups -OCH3 is 1. The minimum atomic E-state index is -0.987. The van der Waals surface area contributed by atoms with E-state index in [9.17, 15) is 9.90 Å². The minimum absolute atomic E-state index is 0.222. The van der Waals surface area contributed by atoms with Crippen molar-refractivity contribution in [3.05, 3.63) is 35.1 Å². The molecule has 3 rings (SSSR count). The summed E-state index contributed by atoms with van der Waals surface area (Å²) in [5.74, 6) is 0.895. The Morgan fingerprint density at radius 2 is 2.28 bits per heavy atom. The first kappa shape index (κ1) is 17.4. The molecule has 10 heteroatoms.